The van der Waals surface area contributed by atoms with E-state index in [0.29, 0.717) is 13.1 Å². The molecule has 0 radical (unpaired) electrons. The van der Waals surface area contributed by atoms with E-state index >= 15 is 0 Å². The van der Waals surface area contributed by atoms with Gasteiger partial charge in [-0.1, -0.05) is 12.1 Å². The van der Waals surface area contributed by atoms with Crippen molar-refractivity contribution >= 4 is 17.8 Å². The van der Waals surface area contributed by atoms with E-state index in [9.17, 15) is 4.79 Å². The van der Waals surface area contributed by atoms with Crippen LogP contribution in [0.15, 0.2) is 61.2 Å². The number of amides is 1. The van der Waals surface area contributed by atoms with Crippen LogP contribution in [0.25, 0.3) is 11.9 Å². The minimum absolute atomic E-state index is 0.0142. The van der Waals surface area contributed by atoms with Crippen LogP contribution in [0.2, 0.25) is 0 Å². The van der Waals surface area contributed by atoms with E-state index < -0.39 is 0 Å². The minimum atomic E-state index is 0.0142. The maximum absolute atomic E-state index is 12.5. The standard InChI is InChI=1S/C21H22N6O2/c1-29-18-6-3-17(4-7-18)5-8-21(28)26-13-11-25(12-14-26)19-15-20(23-16-22-19)27-10-2-9-24-27/h2-10,15-16H,11-14H2,1H3/b8-5+. The van der Waals surface area contributed by atoms with Crippen molar-refractivity contribution in [3.63, 3.8) is 0 Å². The Balaban J connectivity index is 1.34. The van der Waals surface area contributed by atoms with Crippen molar-refractivity contribution in [3.8, 4) is 11.6 Å². The van der Waals surface area contributed by atoms with Crippen LogP contribution in [0.1, 0.15) is 5.56 Å². The molecule has 1 aliphatic heterocycles. The number of benzene rings is 1. The van der Waals surface area contributed by atoms with Crippen LogP contribution in [0.4, 0.5) is 5.82 Å². The highest BCUT2D eigenvalue weighted by molar-refractivity contribution is 5.92. The van der Waals surface area contributed by atoms with Gasteiger partial charge in [-0.25, -0.2) is 14.6 Å². The SMILES string of the molecule is COc1ccc(/C=C/C(=O)N2CCN(c3cc(-n4cccn4)ncn3)CC2)cc1. The number of hydrogen-bond acceptors (Lipinski definition) is 6. The van der Waals surface area contributed by atoms with Crippen LogP contribution in [0.3, 0.4) is 0 Å². The molecule has 0 N–H and O–H groups in total. The van der Waals surface area contributed by atoms with Crippen LogP contribution >= 0.6 is 0 Å². The third kappa shape index (κ3) is 4.43. The summed E-state index contributed by atoms with van der Waals surface area (Å²) < 4.78 is 6.85. The lowest BCUT2D eigenvalue weighted by atomic mass is 10.2. The molecule has 1 fully saturated rings. The highest BCUT2D eigenvalue weighted by Gasteiger charge is 2.21. The fraction of sp³-hybridized carbons (Fsp3) is 0.238. The molecule has 148 valence electrons. The Bertz CT molecular complexity index is 977. The Hall–Kier alpha value is -3.68. The van der Waals surface area contributed by atoms with E-state index in [0.717, 1.165) is 36.0 Å². The van der Waals surface area contributed by atoms with Crippen molar-refractivity contribution in [2.45, 2.75) is 0 Å². The Kier molecular flexibility index (Phi) is 5.51. The zero-order valence-corrected chi connectivity index (χ0v) is 16.2. The zero-order chi connectivity index (χ0) is 20.1. The quantitative estimate of drug-likeness (QED) is 0.621. The molecule has 29 heavy (non-hydrogen) atoms. The third-order valence-corrected chi connectivity index (χ3v) is 4.83. The Morgan fingerprint density at radius 3 is 2.52 bits per heavy atom. The number of ether oxygens (including phenoxy) is 1. The summed E-state index contributed by atoms with van der Waals surface area (Å²) in [5, 5.41) is 4.20. The van der Waals surface area contributed by atoms with Crippen molar-refractivity contribution in [1.82, 2.24) is 24.6 Å². The van der Waals surface area contributed by atoms with Crippen LogP contribution in [-0.4, -0.2) is 63.8 Å². The molecule has 3 heterocycles. The Morgan fingerprint density at radius 1 is 1.07 bits per heavy atom. The first kappa shape index (κ1) is 18.7. The molecule has 1 saturated heterocycles. The minimum Gasteiger partial charge on any atom is -0.497 e. The van der Waals surface area contributed by atoms with E-state index in [-0.39, 0.29) is 5.91 Å². The number of carbonyl (C=O) groups excluding carboxylic acids is 1. The lowest BCUT2D eigenvalue weighted by Crippen LogP contribution is -2.48. The molecule has 8 heteroatoms. The maximum Gasteiger partial charge on any atom is 0.246 e. The first-order valence-corrected chi connectivity index (χ1v) is 9.41. The van der Waals surface area contributed by atoms with Crippen molar-refractivity contribution in [2.24, 2.45) is 0 Å². The van der Waals surface area contributed by atoms with Gasteiger partial charge in [0.2, 0.25) is 5.91 Å². The highest BCUT2D eigenvalue weighted by atomic mass is 16.5. The second-order valence-corrected chi connectivity index (χ2v) is 6.60. The number of anilines is 1. The van der Waals surface area contributed by atoms with E-state index in [1.165, 1.54) is 0 Å². The molecule has 0 unspecified atom stereocenters. The molecule has 1 aliphatic rings. The van der Waals surface area contributed by atoms with E-state index in [1.54, 1.807) is 30.4 Å². The normalized spacial score (nSPS) is 14.4. The van der Waals surface area contributed by atoms with Gasteiger partial charge < -0.3 is 14.5 Å². The predicted octanol–water partition coefficient (Wildman–Crippen LogP) is 2.03. The molecule has 8 nitrogen and oxygen atoms in total. The lowest BCUT2D eigenvalue weighted by molar-refractivity contribution is -0.126. The largest absolute Gasteiger partial charge is 0.497 e. The van der Waals surface area contributed by atoms with Gasteiger partial charge in [-0.05, 0) is 29.8 Å². The summed E-state index contributed by atoms with van der Waals surface area (Å²) in [6, 6.07) is 11.4. The molecular weight excluding hydrogens is 368 g/mol. The Labute approximate surface area is 169 Å². The van der Waals surface area contributed by atoms with Crippen LogP contribution in [0.5, 0.6) is 5.75 Å². The molecule has 0 saturated carbocycles. The molecule has 4 rings (SSSR count). The molecule has 2 aromatic heterocycles. The monoisotopic (exact) mass is 390 g/mol. The zero-order valence-electron chi connectivity index (χ0n) is 16.2. The summed E-state index contributed by atoms with van der Waals surface area (Å²) >= 11 is 0. The molecule has 0 atom stereocenters. The average molecular weight is 390 g/mol. The van der Waals surface area contributed by atoms with Gasteiger partial charge >= 0.3 is 0 Å². The maximum atomic E-state index is 12.5. The van der Waals surface area contributed by atoms with Gasteiger partial charge in [-0.2, -0.15) is 5.10 Å². The number of aromatic nitrogens is 4. The van der Waals surface area contributed by atoms with Crippen LogP contribution in [-0.2, 0) is 4.79 Å². The first-order valence-electron chi connectivity index (χ1n) is 9.41. The van der Waals surface area contributed by atoms with Gasteiger partial charge in [-0.15, -0.1) is 0 Å². The number of rotatable bonds is 5. The number of piperazine rings is 1. The second kappa shape index (κ2) is 8.55. The van der Waals surface area contributed by atoms with Crippen molar-refractivity contribution in [2.75, 3.05) is 38.2 Å². The van der Waals surface area contributed by atoms with Gasteiger partial charge in [0, 0.05) is 50.7 Å². The van der Waals surface area contributed by atoms with Gasteiger partial charge in [0.15, 0.2) is 5.82 Å². The van der Waals surface area contributed by atoms with Crippen LogP contribution in [0, 0.1) is 0 Å². The number of nitrogens with zero attached hydrogens (tertiary/aromatic N) is 6. The predicted molar refractivity (Wildman–Crippen MR) is 110 cm³/mol. The fourth-order valence-corrected chi connectivity index (χ4v) is 3.18. The molecule has 0 bridgehead atoms. The van der Waals surface area contributed by atoms with Gasteiger partial charge in [0.1, 0.15) is 17.9 Å². The van der Waals surface area contributed by atoms with Gasteiger partial charge in [-0.3, -0.25) is 4.79 Å². The topological polar surface area (TPSA) is 76.4 Å². The third-order valence-electron chi connectivity index (χ3n) is 4.83. The van der Waals surface area contributed by atoms with Crippen LogP contribution < -0.4 is 9.64 Å². The number of hydrogen-bond donors (Lipinski definition) is 0. The van der Waals surface area contributed by atoms with Gasteiger partial charge in [0.05, 0.1) is 7.11 Å². The molecule has 0 spiro atoms. The van der Waals surface area contributed by atoms with E-state index in [1.807, 2.05) is 53.6 Å². The Morgan fingerprint density at radius 2 is 1.83 bits per heavy atom. The molecular formula is C21H22N6O2. The lowest BCUT2D eigenvalue weighted by Gasteiger charge is -2.34. The molecule has 0 aliphatic carbocycles. The van der Waals surface area contributed by atoms with E-state index in [4.69, 9.17) is 4.74 Å². The summed E-state index contributed by atoms with van der Waals surface area (Å²) in [5.74, 6) is 2.37. The summed E-state index contributed by atoms with van der Waals surface area (Å²) in [4.78, 5) is 25.2. The average Bonchev–Trinajstić information content (AvgIpc) is 3.33. The summed E-state index contributed by atoms with van der Waals surface area (Å²) in [6.45, 7) is 2.73. The van der Waals surface area contributed by atoms with Gasteiger partial charge in [0.25, 0.3) is 0 Å². The fourth-order valence-electron chi connectivity index (χ4n) is 3.18. The summed E-state index contributed by atoms with van der Waals surface area (Å²) in [7, 11) is 1.63. The first-order chi connectivity index (χ1) is 14.2. The summed E-state index contributed by atoms with van der Waals surface area (Å²) in [6.07, 6.45) is 8.55. The summed E-state index contributed by atoms with van der Waals surface area (Å²) in [5.41, 5.74) is 0.963. The number of methoxy groups -OCH3 is 1. The van der Waals surface area contributed by atoms with Crippen molar-refractivity contribution in [1.29, 1.82) is 0 Å². The molecule has 3 aromatic rings. The second-order valence-electron chi connectivity index (χ2n) is 6.60. The van der Waals surface area contributed by atoms with Crippen molar-refractivity contribution < 1.29 is 9.53 Å². The smallest absolute Gasteiger partial charge is 0.246 e. The molecule has 1 amide bonds. The van der Waals surface area contributed by atoms with E-state index in [2.05, 4.69) is 20.0 Å². The van der Waals surface area contributed by atoms with Crippen molar-refractivity contribution in [3.05, 3.63) is 66.8 Å². The molecule has 1 aromatic carbocycles. The number of carbonyl (C=O) groups is 1. The highest BCUT2D eigenvalue weighted by Crippen LogP contribution is 2.16.